The molecule has 1 saturated heterocycles. The average Bonchev–Trinajstić information content (AvgIpc) is 3.08. The van der Waals surface area contributed by atoms with E-state index in [-0.39, 0.29) is 12.1 Å². The number of ether oxygens (including phenoxy) is 1. The topological polar surface area (TPSA) is 67.4 Å². The van der Waals surface area contributed by atoms with Gasteiger partial charge in [0, 0.05) is 12.5 Å². The molecule has 1 heterocycles. The van der Waals surface area contributed by atoms with Crippen LogP contribution < -0.4 is 15.4 Å². The molecule has 0 bridgehead atoms. The summed E-state index contributed by atoms with van der Waals surface area (Å²) in [5.74, 6) is -9.65. The molecule has 0 radical (unpaired) electrons. The van der Waals surface area contributed by atoms with Crippen LogP contribution in [0, 0.1) is 23.4 Å². The SMILES string of the molecule is O=C1NC[C@H](c2ccc(F)c(OC(F)(F)C(F)F)c2)[C@H]1C(=O)Nc1cccc(F)c1F. The van der Waals surface area contributed by atoms with Crippen LogP contribution >= 0.6 is 0 Å². The van der Waals surface area contributed by atoms with E-state index in [0.717, 1.165) is 24.3 Å². The van der Waals surface area contributed by atoms with Gasteiger partial charge >= 0.3 is 12.5 Å². The number of hydrogen-bond donors (Lipinski definition) is 2. The van der Waals surface area contributed by atoms with Crippen molar-refractivity contribution in [3.63, 3.8) is 0 Å². The highest BCUT2D eigenvalue weighted by atomic mass is 19.3. The number of benzene rings is 2. The molecule has 2 N–H and O–H groups in total. The summed E-state index contributed by atoms with van der Waals surface area (Å²) >= 11 is 0. The zero-order valence-corrected chi connectivity index (χ0v) is 15.3. The minimum absolute atomic E-state index is 0.0559. The summed E-state index contributed by atoms with van der Waals surface area (Å²) in [6.45, 7) is -0.196. The average molecular weight is 450 g/mol. The molecule has 12 heteroatoms. The van der Waals surface area contributed by atoms with Crippen LogP contribution in [-0.2, 0) is 9.59 Å². The maximum Gasteiger partial charge on any atom is 0.461 e. The third-order valence-corrected chi connectivity index (χ3v) is 4.56. The first kappa shape index (κ1) is 22.4. The molecule has 1 fully saturated rings. The van der Waals surface area contributed by atoms with Crippen LogP contribution in [0.1, 0.15) is 11.5 Å². The van der Waals surface area contributed by atoms with Gasteiger partial charge in [-0.3, -0.25) is 9.59 Å². The van der Waals surface area contributed by atoms with Crippen molar-refractivity contribution < 1.29 is 45.1 Å². The Labute approximate surface area is 170 Å². The van der Waals surface area contributed by atoms with Crippen LogP contribution in [-0.4, -0.2) is 30.9 Å². The molecule has 2 aromatic rings. The molecular weight excluding hydrogens is 437 g/mol. The zero-order chi connectivity index (χ0) is 22.9. The van der Waals surface area contributed by atoms with Gasteiger partial charge in [0.2, 0.25) is 11.8 Å². The second-order valence-corrected chi connectivity index (χ2v) is 6.57. The van der Waals surface area contributed by atoms with Gasteiger partial charge in [-0.25, -0.2) is 13.2 Å². The van der Waals surface area contributed by atoms with E-state index in [9.17, 15) is 40.3 Å². The number of hydrogen-bond acceptors (Lipinski definition) is 3. The van der Waals surface area contributed by atoms with Crippen LogP contribution in [0.25, 0.3) is 0 Å². The van der Waals surface area contributed by atoms with E-state index in [2.05, 4.69) is 15.4 Å². The van der Waals surface area contributed by atoms with Crippen molar-refractivity contribution in [2.45, 2.75) is 18.5 Å². The normalized spacial score (nSPS) is 18.8. The van der Waals surface area contributed by atoms with Crippen molar-refractivity contribution in [1.82, 2.24) is 5.32 Å². The summed E-state index contributed by atoms with van der Waals surface area (Å²) in [7, 11) is 0. The van der Waals surface area contributed by atoms with Gasteiger partial charge in [-0.2, -0.15) is 17.6 Å². The number of rotatable bonds is 6. The van der Waals surface area contributed by atoms with Crippen molar-refractivity contribution in [2.24, 2.45) is 5.92 Å². The van der Waals surface area contributed by atoms with Crippen molar-refractivity contribution in [1.29, 1.82) is 0 Å². The number of alkyl halides is 4. The summed E-state index contributed by atoms with van der Waals surface area (Å²) in [5, 5.41) is 4.40. The summed E-state index contributed by atoms with van der Waals surface area (Å²) in [4.78, 5) is 24.7. The lowest BCUT2D eigenvalue weighted by Gasteiger charge is -2.20. The van der Waals surface area contributed by atoms with E-state index in [1.807, 2.05) is 0 Å². The Morgan fingerprint density at radius 1 is 1.13 bits per heavy atom. The zero-order valence-electron chi connectivity index (χ0n) is 15.3. The van der Waals surface area contributed by atoms with Crippen LogP contribution in [0.2, 0.25) is 0 Å². The van der Waals surface area contributed by atoms with Crippen LogP contribution in [0.3, 0.4) is 0 Å². The highest BCUT2D eigenvalue weighted by Crippen LogP contribution is 2.35. The van der Waals surface area contributed by atoms with E-state index < -0.39 is 65.1 Å². The number of halogens is 7. The Bertz CT molecular complexity index is 1020. The first-order chi connectivity index (χ1) is 14.5. The molecule has 5 nitrogen and oxygen atoms in total. The van der Waals surface area contributed by atoms with Crippen LogP contribution in [0.4, 0.5) is 36.4 Å². The number of carbonyl (C=O) groups is 2. The molecule has 0 aliphatic carbocycles. The van der Waals surface area contributed by atoms with Gasteiger partial charge in [-0.1, -0.05) is 12.1 Å². The minimum atomic E-state index is -4.98. The molecule has 0 unspecified atom stereocenters. The van der Waals surface area contributed by atoms with Gasteiger partial charge in [-0.15, -0.1) is 0 Å². The van der Waals surface area contributed by atoms with Crippen molar-refractivity contribution in [3.8, 4) is 5.75 Å². The molecule has 0 saturated carbocycles. The summed E-state index contributed by atoms with van der Waals surface area (Å²) < 4.78 is 95.8. The summed E-state index contributed by atoms with van der Waals surface area (Å²) in [6, 6.07) is 5.35. The fraction of sp³-hybridized carbons (Fsp3) is 0.263. The molecule has 3 rings (SSSR count). The van der Waals surface area contributed by atoms with Crippen molar-refractivity contribution >= 4 is 17.5 Å². The fourth-order valence-electron chi connectivity index (χ4n) is 3.06. The lowest BCUT2D eigenvalue weighted by Crippen LogP contribution is -2.34. The highest BCUT2D eigenvalue weighted by molar-refractivity contribution is 6.08. The van der Waals surface area contributed by atoms with E-state index in [1.165, 1.54) is 0 Å². The predicted molar refractivity (Wildman–Crippen MR) is 92.2 cm³/mol. The molecule has 1 aliphatic heterocycles. The third kappa shape index (κ3) is 4.57. The highest BCUT2D eigenvalue weighted by Gasteiger charge is 2.45. The van der Waals surface area contributed by atoms with Crippen molar-refractivity contribution in [3.05, 3.63) is 59.4 Å². The van der Waals surface area contributed by atoms with Gasteiger partial charge in [0.1, 0.15) is 5.92 Å². The third-order valence-electron chi connectivity index (χ3n) is 4.56. The molecule has 2 atom stereocenters. The smallest absolute Gasteiger partial charge is 0.425 e. The van der Waals surface area contributed by atoms with Crippen LogP contribution in [0.5, 0.6) is 5.75 Å². The molecule has 2 aromatic carbocycles. The standard InChI is InChI=1S/C19H13F7N2O3/c20-10-5-4-8(6-13(10)31-19(25,26)18(23)24)9-7-27-16(29)14(9)17(30)28-12-3-1-2-11(21)15(12)22/h1-6,9,14,18H,7H2,(H,27,29)(H,28,30)/t9-,14-/m1/s1. The van der Waals surface area contributed by atoms with Crippen molar-refractivity contribution in [2.75, 3.05) is 11.9 Å². The Kier molecular flexibility index (Phi) is 6.09. The van der Waals surface area contributed by atoms with E-state index in [1.54, 1.807) is 0 Å². The van der Waals surface area contributed by atoms with Gasteiger partial charge in [0.05, 0.1) is 5.69 Å². The predicted octanol–water partition coefficient (Wildman–Crippen LogP) is 3.81. The van der Waals surface area contributed by atoms with E-state index >= 15 is 0 Å². The molecule has 0 spiro atoms. The van der Waals surface area contributed by atoms with E-state index in [0.29, 0.717) is 12.1 Å². The number of carbonyl (C=O) groups excluding carboxylic acids is 2. The van der Waals surface area contributed by atoms with Gasteiger partial charge in [0.15, 0.2) is 23.2 Å². The monoisotopic (exact) mass is 450 g/mol. The van der Waals surface area contributed by atoms with E-state index in [4.69, 9.17) is 0 Å². The largest absolute Gasteiger partial charge is 0.461 e. The quantitative estimate of drug-likeness (QED) is 0.520. The molecule has 166 valence electrons. The molecule has 31 heavy (non-hydrogen) atoms. The summed E-state index contributed by atoms with van der Waals surface area (Å²) in [5.41, 5.74) is -0.595. The first-order valence-corrected chi connectivity index (χ1v) is 8.68. The number of nitrogens with one attached hydrogen (secondary N) is 2. The Morgan fingerprint density at radius 3 is 2.52 bits per heavy atom. The number of amides is 2. The molecule has 1 aliphatic rings. The molecule has 0 aromatic heterocycles. The molecular formula is C19H13F7N2O3. The first-order valence-electron chi connectivity index (χ1n) is 8.68. The lowest BCUT2D eigenvalue weighted by atomic mass is 9.87. The maximum atomic E-state index is 13.8. The second kappa shape index (κ2) is 8.44. The Morgan fingerprint density at radius 2 is 1.84 bits per heavy atom. The van der Waals surface area contributed by atoms with Gasteiger partial charge < -0.3 is 15.4 Å². The Balaban J connectivity index is 1.88. The fourth-order valence-corrected chi connectivity index (χ4v) is 3.06. The van der Waals surface area contributed by atoms with Gasteiger partial charge in [-0.05, 0) is 29.8 Å². The van der Waals surface area contributed by atoms with Gasteiger partial charge in [0.25, 0.3) is 0 Å². The lowest BCUT2D eigenvalue weighted by molar-refractivity contribution is -0.254. The number of anilines is 1. The summed E-state index contributed by atoms with van der Waals surface area (Å²) in [6.07, 6.45) is -9.21. The maximum absolute atomic E-state index is 13.8. The van der Waals surface area contributed by atoms with Crippen LogP contribution in [0.15, 0.2) is 36.4 Å². The molecule has 2 amide bonds. The Hall–Kier alpha value is -3.31. The second-order valence-electron chi connectivity index (χ2n) is 6.57. The minimum Gasteiger partial charge on any atom is -0.425 e.